The molecular weight excluding hydrogens is 338 g/mol. The molecule has 0 aromatic heterocycles. The van der Waals surface area contributed by atoms with E-state index in [4.69, 9.17) is 0 Å². The molecule has 5 rings (SSSR count). The number of para-hydroxylation sites is 1. The lowest BCUT2D eigenvalue weighted by molar-refractivity contribution is 1.30. The number of aryl methyl sites for hydroxylation is 1. The molecule has 5 aromatic carbocycles. The molecule has 0 saturated heterocycles. The normalized spacial score (nSPS) is 11.0. The number of hydrogen-bond acceptors (Lipinski definition) is 1. The highest BCUT2D eigenvalue weighted by molar-refractivity contribution is 6.00. The van der Waals surface area contributed by atoms with Crippen molar-refractivity contribution in [2.75, 3.05) is 4.90 Å². The third-order valence-corrected chi connectivity index (χ3v) is 5.26. The van der Waals surface area contributed by atoms with Gasteiger partial charge in [0.15, 0.2) is 0 Å². The third kappa shape index (κ3) is 2.91. The number of fused-ring (bicyclic) bond motifs is 2. The minimum absolute atomic E-state index is 1.16. The van der Waals surface area contributed by atoms with Crippen molar-refractivity contribution in [2.45, 2.75) is 6.92 Å². The zero-order valence-electron chi connectivity index (χ0n) is 15.8. The molecule has 1 heteroatoms. The van der Waals surface area contributed by atoms with Gasteiger partial charge in [0.05, 0.1) is 5.69 Å². The summed E-state index contributed by atoms with van der Waals surface area (Å²) in [5.41, 5.74) is 4.80. The maximum absolute atomic E-state index is 2.35. The van der Waals surface area contributed by atoms with Crippen LogP contribution in [0, 0.1) is 6.92 Å². The summed E-state index contributed by atoms with van der Waals surface area (Å²) in [5.74, 6) is 0. The van der Waals surface area contributed by atoms with Crippen molar-refractivity contribution in [2.24, 2.45) is 0 Å². The molecule has 0 N–H and O–H groups in total. The van der Waals surface area contributed by atoms with Crippen molar-refractivity contribution in [1.29, 1.82) is 0 Å². The van der Waals surface area contributed by atoms with Gasteiger partial charge in [0.25, 0.3) is 0 Å². The van der Waals surface area contributed by atoms with Crippen molar-refractivity contribution in [3.63, 3.8) is 0 Å². The molecule has 0 heterocycles. The van der Waals surface area contributed by atoms with E-state index < -0.39 is 0 Å². The van der Waals surface area contributed by atoms with Crippen molar-refractivity contribution >= 4 is 38.6 Å². The average Bonchev–Trinajstić information content (AvgIpc) is 2.75. The highest BCUT2D eigenvalue weighted by atomic mass is 15.1. The molecule has 5 aromatic rings. The molecule has 0 fully saturated rings. The summed E-state index contributed by atoms with van der Waals surface area (Å²) in [6.45, 7) is 2.14. The summed E-state index contributed by atoms with van der Waals surface area (Å²) in [6, 6.07) is 39.0. The highest BCUT2D eigenvalue weighted by Gasteiger charge is 2.15. The van der Waals surface area contributed by atoms with Crippen LogP contribution in [0.2, 0.25) is 0 Å². The van der Waals surface area contributed by atoms with Crippen LogP contribution in [0.3, 0.4) is 0 Å². The number of hydrogen-bond donors (Lipinski definition) is 0. The molecule has 134 valence electrons. The van der Waals surface area contributed by atoms with Crippen molar-refractivity contribution < 1.29 is 0 Å². The Morgan fingerprint density at radius 1 is 0.500 bits per heavy atom. The molecule has 1 nitrogen and oxygen atoms in total. The molecule has 0 aliphatic rings. The monoisotopic (exact) mass is 359 g/mol. The summed E-state index contributed by atoms with van der Waals surface area (Å²) in [5, 5.41) is 5.02. The lowest BCUT2D eigenvalue weighted by atomic mass is 10.0. The van der Waals surface area contributed by atoms with Crippen molar-refractivity contribution in [3.8, 4) is 0 Å². The van der Waals surface area contributed by atoms with Crippen LogP contribution in [0.15, 0.2) is 109 Å². The number of nitrogens with zero attached hydrogens (tertiary/aromatic N) is 1. The van der Waals surface area contributed by atoms with E-state index in [1.54, 1.807) is 0 Å². The second kappa shape index (κ2) is 6.86. The van der Waals surface area contributed by atoms with Gasteiger partial charge in [-0.1, -0.05) is 84.4 Å². The Kier molecular flexibility index (Phi) is 4.06. The van der Waals surface area contributed by atoms with Crippen LogP contribution < -0.4 is 4.90 Å². The number of rotatable bonds is 3. The molecule has 0 bridgehead atoms. The van der Waals surface area contributed by atoms with E-state index in [0.29, 0.717) is 0 Å². The molecule has 0 atom stereocenters. The van der Waals surface area contributed by atoms with Gasteiger partial charge in [0, 0.05) is 16.8 Å². The van der Waals surface area contributed by atoms with Crippen LogP contribution in [0.1, 0.15) is 5.56 Å². The Bertz CT molecular complexity index is 1270. The summed E-state index contributed by atoms with van der Waals surface area (Å²) in [6.07, 6.45) is 0. The fraction of sp³-hybridized carbons (Fsp3) is 0.0370. The predicted octanol–water partition coefficient (Wildman–Crippen LogP) is 7.77. The van der Waals surface area contributed by atoms with E-state index in [1.807, 2.05) is 0 Å². The molecule has 0 spiro atoms. The molecule has 28 heavy (non-hydrogen) atoms. The van der Waals surface area contributed by atoms with E-state index in [1.165, 1.54) is 38.5 Å². The first-order valence-electron chi connectivity index (χ1n) is 9.63. The maximum Gasteiger partial charge on any atom is 0.0540 e. The molecule has 0 unspecified atom stereocenters. The van der Waals surface area contributed by atoms with E-state index in [0.717, 1.165) is 5.69 Å². The minimum atomic E-state index is 1.16. The van der Waals surface area contributed by atoms with Crippen molar-refractivity contribution in [1.82, 2.24) is 0 Å². The maximum atomic E-state index is 2.35. The number of benzene rings is 5. The quantitative estimate of drug-likeness (QED) is 0.318. The average molecular weight is 359 g/mol. The number of anilines is 3. The second-order valence-electron chi connectivity index (χ2n) is 7.20. The molecular formula is C27H21N. The zero-order chi connectivity index (χ0) is 18.9. The van der Waals surface area contributed by atoms with Gasteiger partial charge in [0.1, 0.15) is 0 Å². The molecule has 0 aliphatic carbocycles. The van der Waals surface area contributed by atoms with Gasteiger partial charge in [0.2, 0.25) is 0 Å². The van der Waals surface area contributed by atoms with E-state index in [2.05, 4.69) is 121 Å². The lowest BCUT2D eigenvalue weighted by Crippen LogP contribution is -2.10. The summed E-state index contributed by atoms with van der Waals surface area (Å²) in [4.78, 5) is 2.35. The Labute approximate surface area is 165 Å². The largest absolute Gasteiger partial charge is 0.310 e. The lowest BCUT2D eigenvalue weighted by Gasteiger charge is -2.27. The Balaban J connectivity index is 1.77. The van der Waals surface area contributed by atoms with Crippen LogP contribution in [0.5, 0.6) is 0 Å². The van der Waals surface area contributed by atoms with Gasteiger partial charge >= 0.3 is 0 Å². The smallest absolute Gasteiger partial charge is 0.0540 e. The SMILES string of the molecule is Cc1ccc2cc(N(c3ccccc3)c3cccc4ccccc34)ccc2c1. The molecule has 0 aliphatic heterocycles. The first-order chi connectivity index (χ1) is 13.8. The van der Waals surface area contributed by atoms with E-state index in [-0.39, 0.29) is 0 Å². The summed E-state index contributed by atoms with van der Waals surface area (Å²) < 4.78 is 0. The van der Waals surface area contributed by atoms with Gasteiger partial charge in [-0.3, -0.25) is 0 Å². The topological polar surface area (TPSA) is 3.24 Å². The van der Waals surface area contributed by atoms with Gasteiger partial charge < -0.3 is 4.90 Å². The van der Waals surface area contributed by atoms with Gasteiger partial charge in [-0.05, 0) is 53.4 Å². The third-order valence-electron chi connectivity index (χ3n) is 5.26. The first kappa shape index (κ1) is 16.6. The van der Waals surface area contributed by atoms with Crippen LogP contribution >= 0.6 is 0 Å². The van der Waals surface area contributed by atoms with Crippen LogP contribution in [-0.4, -0.2) is 0 Å². The molecule has 0 saturated carbocycles. The van der Waals surface area contributed by atoms with Gasteiger partial charge in [-0.2, -0.15) is 0 Å². The second-order valence-corrected chi connectivity index (χ2v) is 7.20. The Morgan fingerprint density at radius 2 is 1.21 bits per heavy atom. The summed E-state index contributed by atoms with van der Waals surface area (Å²) in [7, 11) is 0. The standard InChI is InChI=1S/C27H21N/c1-20-14-15-23-19-25(17-16-22(23)18-20)28(24-10-3-2-4-11-24)27-13-7-9-21-8-5-6-12-26(21)27/h2-19H,1H3. The van der Waals surface area contributed by atoms with Crippen LogP contribution in [0.4, 0.5) is 17.1 Å². The van der Waals surface area contributed by atoms with Crippen molar-refractivity contribution in [3.05, 3.63) is 115 Å². The fourth-order valence-corrected chi connectivity index (χ4v) is 3.90. The predicted molar refractivity (Wildman–Crippen MR) is 121 cm³/mol. The Hall–Kier alpha value is -3.58. The van der Waals surface area contributed by atoms with Crippen LogP contribution in [-0.2, 0) is 0 Å². The summed E-state index contributed by atoms with van der Waals surface area (Å²) >= 11 is 0. The van der Waals surface area contributed by atoms with E-state index >= 15 is 0 Å². The molecule has 0 amide bonds. The minimum Gasteiger partial charge on any atom is -0.310 e. The first-order valence-corrected chi connectivity index (χ1v) is 9.63. The van der Waals surface area contributed by atoms with Gasteiger partial charge in [-0.15, -0.1) is 0 Å². The van der Waals surface area contributed by atoms with Gasteiger partial charge in [-0.25, -0.2) is 0 Å². The van der Waals surface area contributed by atoms with Crippen LogP contribution in [0.25, 0.3) is 21.5 Å². The van der Waals surface area contributed by atoms with E-state index in [9.17, 15) is 0 Å². The Morgan fingerprint density at radius 3 is 2.11 bits per heavy atom. The zero-order valence-corrected chi connectivity index (χ0v) is 15.8. The fourth-order valence-electron chi connectivity index (χ4n) is 3.90. The highest BCUT2D eigenvalue weighted by Crippen LogP contribution is 2.39. The molecule has 0 radical (unpaired) electrons.